The SMILES string of the molecule is CC(C)(C)c1ccc(C(=O)Oc2ccc(C(F)(F)F)cc2)cc1. The molecule has 2 rings (SSSR count). The predicted octanol–water partition coefficient (Wildman–Crippen LogP) is 5.22. The molecule has 0 fully saturated rings. The topological polar surface area (TPSA) is 26.3 Å². The highest BCUT2D eigenvalue weighted by molar-refractivity contribution is 5.91. The van der Waals surface area contributed by atoms with Crippen LogP contribution in [-0.2, 0) is 11.6 Å². The number of alkyl halides is 3. The van der Waals surface area contributed by atoms with Crippen LogP contribution in [-0.4, -0.2) is 5.97 Å². The van der Waals surface area contributed by atoms with Crippen LogP contribution < -0.4 is 4.74 Å². The summed E-state index contributed by atoms with van der Waals surface area (Å²) in [5, 5.41) is 0. The number of esters is 1. The number of carbonyl (C=O) groups excluding carboxylic acids is 1. The molecule has 23 heavy (non-hydrogen) atoms. The predicted molar refractivity (Wildman–Crippen MR) is 81.5 cm³/mol. The van der Waals surface area contributed by atoms with Gasteiger partial charge in [-0.3, -0.25) is 0 Å². The molecule has 0 aliphatic heterocycles. The standard InChI is InChI=1S/C18H17F3O2/c1-17(2,3)13-6-4-12(5-7-13)16(22)23-15-10-8-14(9-11-15)18(19,20)21/h4-11H,1-3H3. The molecule has 122 valence electrons. The minimum Gasteiger partial charge on any atom is -0.423 e. The summed E-state index contributed by atoms with van der Waals surface area (Å²) >= 11 is 0. The van der Waals surface area contributed by atoms with E-state index in [0.717, 1.165) is 29.8 Å². The van der Waals surface area contributed by atoms with Crippen molar-refractivity contribution in [3.8, 4) is 5.75 Å². The van der Waals surface area contributed by atoms with Gasteiger partial charge in [-0.05, 0) is 47.4 Å². The van der Waals surface area contributed by atoms with Crippen molar-refractivity contribution < 1.29 is 22.7 Å². The lowest BCUT2D eigenvalue weighted by Gasteiger charge is -2.18. The zero-order valence-corrected chi connectivity index (χ0v) is 13.1. The van der Waals surface area contributed by atoms with Gasteiger partial charge in [0.25, 0.3) is 0 Å². The van der Waals surface area contributed by atoms with Crippen molar-refractivity contribution in [2.24, 2.45) is 0 Å². The Morgan fingerprint density at radius 2 is 1.30 bits per heavy atom. The lowest BCUT2D eigenvalue weighted by Crippen LogP contribution is -2.13. The van der Waals surface area contributed by atoms with Gasteiger partial charge in [0.1, 0.15) is 5.75 Å². The Kier molecular flexibility index (Phi) is 4.50. The fourth-order valence-corrected chi connectivity index (χ4v) is 1.98. The van der Waals surface area contributed by atoms with Gasteiger partial charge >= 0.3 is 12.1 Å². The van der Waals surface area contributed by atoms with Crippen molar-refractivity contribution in [3.63, 3.8) is 0 Å². The Balaban J connectivity index is 2.10. The maximum atomic E-state index is 12.5. The number of ether oxygens (including phenoxy) is 1. The molecule has 0 amide bonds. The molecule has 0 unspecified atom stereocenters. The fraction of sp³-hybridized carbons (Fsp3) is 0.278. The monoisotopic (exact) mass is 322 g/mol. The van der Waals surface area contributed by atoms with Gasteiger partial charge in [-0.25, -0.2) is 4.79 Å². The van der Waals surface area contributed by atoms with Gasteiger partial charge in [-0.1, -0.05) is 32.9 Å². The van der Waals surface area contributed by atoms with Crippen molar-refractivity contribution in [1.82, 2.24) is 0 Å². The minimum absolute atomic E-state index is 0.0319. The van der Waals surface area contributed by atoms with Crippen molar-refractivity contribution in [2.75, 3.05) is 0 Å². The highest BCUT2D eigenvalue weighted by Crippen LogP contribution is 2.30. The van der Waals surface area contributed by atoms with E-state index in [1.54, 1.807) is 12.1 Å². The van der Waals surface area contributed by atoms with E-state index in [1.807, 2.05) is 12.1 Å². The smallest absolute Gasteiger partial charge is 0.416 e. The molecule has 0 aliphatic rings. The molecule has 0 saturated carbocycles. The summed E-state index contributed by atoms with van der Waals surface area (Å²) in [6, 6.07) is 11.0. The van der Waals surface area contributed by atoms with Crippen molar-refractivity contribution in [3.05, 3.63) is 65.2 Å². The Morgan fingerprint density at radius 3 is 1.74 bits per heavy atom. The molecule has 0 heterocycles. The van der Waals surface area contributed by atoms with Crippen LogP contribution in [0, 0.1) is 0 Å². The number of benzene rings is 2. The molecule has 0 spiro atoms. The molecule has 0 aliphatic carbocycles. The molecular weight excluding hydrogens is 305 g/mol. The third kappa shape index (κ3) is 4.34. The summed E-state index contributed by atoms with van der Waals surface area (Å²) in [6.45, 7) is 6.17. The summed E-state index contributed by atoms with van der Waals surface area (Å²) < 4.78 is 42.5. The number of hydrogen-bond acceptors (Lipinski definition) is 2. The van der Waals surface area contributed by atoms with Gasteiger partial charge in [0.15, 0.2) is 0 Å². The maximum Gasteiger partial charge on any atom is 0.416 e. The van der Waals surface area contributed by atoms with Crippen LogP contribution in [0.2, 0.25) is 0 Å². The molecule has 2 aromatic rings. The number of carbonyl (C=O) groups is 1. The zero-order chi connectivity index (χ0) is 17.3. The van der Waals surface area contributed by atoms with Crippen molar-refractivity contribution >= 4 is 5.97 Å². The van der Waals surface area contributed by atoms with E-state index in [1.165, 1.54) is 0 Å². The lowest BCUT2D eigenvalue weighted by molar-refractivity contribution is -0.137. The van der Waals surface area contributed by atoms with Crippen LogP contribution in [0.1, 0.15) is 42.3 Å². The van der Waals surface area contributed by atoms with Crippen LogP contribution in [0.3, 0.4) is 0 Å². The summed E-state index contributed by atoms with van der Waals surface area (Å²) in [5.74, 6) is -0.534. The molecule has 2 nitrogen and oxygen atoms in total. The second-order valence-electron chi connectivity index (χ2n) is 6.24. The van der Waals surface area contributed by atoms with Crippen LogP contribution in [0.25, 0.3) is 0 Å². The maximum absolute atomic E-state index is 12.5. The lowest BCUT2D eigenvalue weighted by atomic mass is 9.87. The van der Waals surface area contributed by atoms with Gasteiger partial charge in [-0.15, -0.1) is 0 Å². The van der Waals surface area contributed by atoms with Crippen molar-refractivity contribution in [1.29, 1.82) is 0 Å². The minimum atomic E-state index is -4.41. The fourth-order valence-electron chi connectivity index (χ4n) is 1.98. The van der Waals surface area contributed by atoms with Gasteiger partial charge in [0, 0.05) is 0 Å². The Labute approximate surface area is 132 Å². The number of rotatable bonds is 2. The highest BCUT2D eigenvalue weighted by atomic mass is 19.4. The van der Waals surface area contributed by atoms with E-state index < -0.39 is 17.7 Å². The second kappa shape index (κ2) is 6.07. The van der Waals surface area contributed by atoms with Gasteiger partial charge in [-0.2, -0.15) is 13.2 Å². The molecule has 5 heteroatoms. The summed E-state index contributed by atoms with van der Waals surface area (Å²) in [5.41, 5.74) is 0.601. The molecular formula is C18H17F3O2. The largest absolute Gasteiger partial charge is 0.423 e. The van der Waals surface area contributed by atoms with Crippen LogP contribution >= 0.6 is 0 Å². The first-order valence-electron chi connectivity index (χ1n) is 7.07. The summed E-state index contributed by atoms with van der Waals surface area (Å²) in [7, 11) is 0. The first-order valence-corrected chi connectivity index (χ1v) is 7.07. The Hall–Kier alpha value is -2.30. The Morgan fingerprint density at radius 1 is 0.826 bits per heavy atom. The van der Waals surface area contributed by atoms with E-state index >= 15 is 0 Å². The van der Waals surface area contributed by atoms with Gasteiger partial charge < -0.3 is 4.74 Å². The second-order valence-corrected chi connectivity index (χ2v) is 6.24. The zero-order valence-electron chi connectivity index (χ0n) is 13.1. The van der Waals surface area contributed by atoms with Crippen LogP contribution in [0.5, 0.6) is 5.75 Å². The molecule has 0 aromatic heterocycles. The summed E-state index contributed by atoms with van der Waals surface area (Å²) in [4.78, 5) is 12.0. The number of hydrogen-bond donors (Lipinski definition) is 0. The van der Waals surface area contributed by atoms with Gasteiger partial charge in [0.2, 0.25) is 0 Å². The molecule has 2 aromatic carbocycles. The van der Waals surface area contributed by atoms with E-state index in [2.05, 4.69) is 20.8 Å². The summed E-state index contributed by atoms with van der Waals surface area (Å²) in [6.07, 6.45) is -4.41. The molecule has 0 saturated heterocycles. The number of halogens is 3. The first-order chi connectivity index (χ1) is 10.6. The van der Waals surface area contributed by atoms with Crippen molar-refractivity contribution in [2.45, 2.75) is 32.4 Å². The quantitative estimate of drug-likeness (QED) is 0.559. The third-order valence-corrected chi connectivity index (χ3v) is 3.38. The molecule has 0 bridgehead atoms. The first kappa shape index (κ1) is 17.1. The Bertz CT molecular complexity index is 678. The molecule has 0 radical (unpaired) electrons. The average Bonchev–Trinajstić information content (AvgIpc) is 2.46. The normalized spacial score (nSPS) is 12.1. The third-order valence-electron chi connectivity index (χ3n) is 3.38. The highest BCUT2D eigenvalue weighted by Gasteiger charge is 2.30. The average molecular weight is 322 g/mol. The van der Waals surface area contributed by atoms with E-state index in [9.17, 15) is 18.0 Å². The van der Waals surface area contributed by atoms with E-state index in [0.29, 0.717) is 5.56 Å². The molecule has 0 atom stereocenters. The van der Waals surface area contributed by atoms with Crippen LogP contribution in [0.4, 0.5) is 13.2 Å². The van der Waals surface area contributed by atoms with E-state index in [4.69, 9.17) is 4.74 Å². The van der Waals surface area contributed by atoms with E-state index in [-0.39, 0.29) is 11.2 Å². The van der Waals surface area contributed by atoms with Crippen LogP contribution in [0.15, 0.2) is 48.5 Å². The molecule has 0 N–H and O–H groups in total. The van der Waals surface area contributed by atoms with Gasteiger partial charge in [0.05, 0.1) is 11.1 Å².